The van der Waals surface area contributed by atoms with Gasteiger partial charge >= 0.3 is 5.97 Å². The van der Waals surface area contributed by atoms with Gasteiger partial charge in [-0.2, -0.15) is 5.26 Å². The molecule has 1 amide bonds. The van der Waals surface area contributed by atoms with Crippen molar-refractivity contribution in [2.75, 3.05) is 29.9 Å². The molecule has 1 aliphatic rings. The molecular weight excluding hydrogens is 356 g/mol. The molecule has 1 aromatic rings. The van der Waals surface area contributed by atoms with Gasteiger partial charge < -0.3 is 20.6 Å². The van der Waals surface area contributed by atoms with Crippen LogP contribution in [0.25, 0.3) is 0 Å². The number of amides is 1. The average Bonchev–Trinajstić information content (AvgIpc) is 2.72. The Kier molecular flexibility index (Phi) is 8.86. The second-order valence-corrected chi connectivity index (χ2v) is 6.87. The lowest BCUT2D eigenvalue weighted by atomic mass is 10.1. The summed E-state index contributed by atoms with van der Waals surface area (Å²) in [6.45, 7) is 2.59. The Bertz CT molecular complexity index is 716. The quantitative estimate of drug-likeness (QED) is 0.325. The largest absolute Gasteiger partial charge is 0.481 e. The standard InChI is InChI=1S/C21H28N4O3/c22-15-17(21(28)23-12-4-1-3-7-20(26)27)16-24-18-8-10-19(11-9-18)25-13-5-2-6-14-25/h8-11,16,24H,1-7,12-14H2,(H,23,28)(H,26,27)/b17-16-. The van der Waals surface area contributed by atoms with E-state index in [-0.39, 0.29) is 12.0 Å². The third-order valence-electron chi connectivity index (χ3n) is 4.69. The Morgan fingerprint density at radius 3 is 2.46 bits per heavy atom. The zero-order chi connectivity index (χ0) is 20.2. The number of benzene rings is 1. The number of carboxylic acid groups (broad SMARTS) is 1. The van der Waals surface area contributed by atoms with E-state index in [0.717, 1.165) is 25.2 Å². The molecule has 3 N–H and O–H groups in total. The van der Waals surface area contributed by atoms with Gasteiger partial charge in [0.05, 0.1) is 0 Å². The molecule has 0 atom stereocenters. The van der Waals surface area contributed by atoms with Gasteiger partial charge in [0.15, 0.2) is 0 Å². The van der Waals surface area contributed by atoms with Crippen LogP contribution in [0, 0.1) is 11.3 Å². The van der Waals surface area contributed by atoms with E-state index >= 15 is 0 Å². The van der Waals surface area contributed by atoms with Crippen LogP contribution in [0.5, 0.6) is 0 Å². The number of carbonyl (C=O) groups excluding carboxylic acids is 1. The Labute approximate surface area is 166 Å². The summed E-state index contributed by atoms with van der Waals surface area (Å²) in [7, 11) is 0. The molecular formula is C21H28N4O3. The third-order valence-corrected chi connectivity index (χ3v) is 4.69. The van der Waals surface area contributed by atoms with E-state index in [1.165, 1.54) is 31.1 Å². The van der Waals surface area contributed by atoms with E-state index in [2.05, 4.69) is 15.5 Å². The number of carbonyl (C=O) groups is 2. The molecule has 28 heavy (non-hydrogen) atoms. The minimum absolute atomic E-state index is 0.00523. The summed E-state index contributed by atoms with van der Waals surface area (Å²) in [4.78, 5) is 24.9. The van der Waals surface area contributed by atoms with Crippen LogP contribution >= 0.6 is 0 Å². The van der Waals surface area contributed by atoms with Crippen LogP contribution in [0.3, 0.4) is 0 Å². The fraction of sp³-hybridized carbons (Fsp3) is 0.476. The van der Waals surface area contributed by atoms with E-state index < -0.39 is 11.9 Å². The van der Waals surface area contributed by atoms with Crippen LogP contribution < -0.4 is 15.5 Å². The number of nitriles is 1. The average molecular weight is 384 g/mol. The van der Waals surface area contributed by atoms with E-state index in [0.29, 0.717) is 19.4 Å². The van der Waals surface area contributed by atoms with Crippen molar-refractivity contribution in [3.05, 3.63) is 36.0 Å². The van der Waals surface area contributed by atoms with Crippen LogP contribution in [0.4, 0.5) is 11.4 Å². The lowest BCUT2D eigenvalue weighted by molar-refractivity contribution is -0.137. The number of rotatable bonds is 10. The molecule has 1 fully saturated rings. The third kappa shape index (κ3) is 7.31. The Balaban J connectivity index is 1.77. The SMILES string of the molecule is N#C/C(=C/Nc1ccc(N2CCCCC2)cc1)C(=O)NCCCCCC(=O)O. The van der Waals surface area contributed by atoms with Gasteiger partial charge in [0.2, 0.25) is 0 Å². The summed E-state index contributed by atoms with van der Waals surface area (Å²) >= 11 is 0. The van der Waals surface area contributed by atoms with Gasteiger partial charge in [0.1, 0.15) is 11.6 Å². The van der Waals surface area contributed by atoms with Crippen LogP contribution in [-0.4, -0.2) is 36.6 Å². The molecule has 0 spiro atoms. The number of carboxylic acids is 1. The zero-order valence-electron chi connectivity index (χ0n) is 16.1. The molecule has 150 valence electrons. The molecule has 0 saturated carbocycles. The van der Waals surface area contributed by atoms with Gasteiger partial charge in [0.25, 0.3) is 5.91 Å². The predicted octanol–water partition coefficient (Wildman–Crippen LogP) is 3.26. The highest BCUT2D eigenvalue weighted by Crippen LogP contribution is 2.21. The van der Waals surface area contributed by atoms with E-state index in [1.807, 2.05) is 30.3 Å². The van der Waals surface area contributed by atoms with Gasteiger partial charge in [-0.3, -0.25) is 9.59 Å². The lowest BCUT2D eigenvalue weighted by Crippen LogP contribution is -2.29. The molecule has 0 aliphatic carbocycles. The zero-order valence-corrected chi connectivity index (χ0v) is 16.1. The van der Waals surface area contributed by atoms with E-state index in [9.17, 15) is 14.9 Å². The monoisotopic (exact) mass is 384 g/mol. The topological polar surface area (TPSA) is 105 Å². The van der Waals surface area contributed by atoms with Gasteiger partial charge in [-0.05, 0) is 56.4 Å². The van der Waals surface area contributed by atoms with Crippen molar-refractivity contribution < 1.29 is 14.7 Å². The number of piperidine rings is 1. The Morgan fingerprint density at radius 1 is 1.11 bits per heavy atom. The second-order valence-electron chi connectivity index (χ2n) is 6.87. The predicted molar refractivity (Wildman–Crippen MR) is 109 cm³/mol. The summed E-state index contributed by atoms with van der Waals surface area (Å²) in [6.07, 6.45) is 7.28. The Morgan fingerprint density at radius 2 is 1.82 bits per heavy atom. The van der Waals surface area contributed by atoms with Crippen LogP contribution in [0.1, 0.15) is 44.9 Å². The minimum atomic E-state index is -0.811. The maximum atomic E-state index is 12.1. The van der Waals surface area contributed by atoms with E-state index in [4.69, 9.17) is 5.11 Å². The molecule has 0 unspecified atom stereocenters. The van der Waals surface area contributed by atoms with E-state index in [1.54, 1.807) is 0 Å². The molecule has 7 heteroatoms. The van der Waals surface area contributed by atoms with Crippen molar-refractivity contribution in [2.45, 2.75) is 44.9 Å². The highest BCUT2D eigenvalue weighted by atomic mass is 16.4. The van der Waals surface area contributed by atoms with Crippen molar-refractivity contribution in [3.8, 4) is 6.07 Å². The highest BCUT2D eigenvalue weighted by molar-refractivity contribution is 5.97. The fourth-order valence-corrected chi connectivity index (χ4v) is 3.10. The Hall–Kier alpha value is -3.01. The first-order valence-corrected chi connectivity index (χ1v) is 9.82. The van der Waals surface area contributed by atoms with Gasteiger partial charge in [-0.1, -0.05) is 6.42 Å². The smallest absolute Gasteiger partial charge is 0.303 e. The number of aliphatic carboxylic acids is 1. The summed E-state index contributed by atoms with van der Waals surface area (Å²) in [5.74, 6) is -1.24. The first-order chi connectivity index (χ1) is 13.6. The fourth-order valence-electron chi connectivity index (χ4n) is 3.10. The summed E-state index contributed by atoms with van der Waals surface area (Å²) in [6, 6.07) is 9.88. The van der Waals surface area contributed by atoms with Crippen LogP contribution in [0.15, 0.2) is 36.0 Å². The van der Waals surface area contributed by atoms with Gasteiger partial charge in [-0.25, -0.2) is 0 Å². The minimum Gasteiger partial charge on any atom is -0.481 e. The summed E-state index contributed by atoms with van der Waals surface area (Å²) in [5.41, 5.74) is 2.01. The van der Waals surface area contributed by atoms with Crippen LogP contribution in [-0.2, 0) is 9.59 Å². The maximum Gasteiger partial charge on any atom is 0.303 e. The molecule has 0 aromatic heterocycles. The first-order valence-electron chi connectivity index (χ1n) is 9.82. The number of hydrogen-bond acceptors (Lipinski definition) is 5. The number of nitrogens with one attached hydrogen (secondary N) is 2. The molecule has 0 radical (unpaired) electrons. The first kappa shape index (κ1) is 21.3. The normalized spacial score (nSPS) is 14.2. The van der Waals surface area contributed by atoms with Gasteiger partial charge in [0, 0.05) is 43.6 Å². The molecule has 2 rings (SSSR count). The molecule has 1 aliphatic heterocycles. The van der Waals surface area contributed by atoms with Crippen LogP contribution in [0.2, 0.25) is 0 Å². The van der Waals surface area contributed by atoms with Crippen molar-refractivity contribution in [1.82, 2.24) is 5.32 Å². The number of unbranched alkanes of at least 4 members (excludes halogenated alkanes) is 2. The summed E-state index contributed by atoms with van der Waals surface area (Å²) in [5, 5.41) is 23.5. The molecule has 1 saturated heterocycles. The number of anilines is 2. The lowest BCUT2D eigenvalue weighted by Gasteiger charge is -2.28. The second kappa shape index (κ2) is 11.7. The number of nitrogens with zero attached hydrogens (tertiary/aromatic N) is 2. The molecule has 1 heterocycles. The van der Waals surface area contributed by atoms with Crippen molar-refractivity contribution >= 4 is 23.3 Å². The molecule has 1 aromatic carbocycles. The molecule has 7 nitrogen and oxygen atoms in total. The van der Waals surface area contributed by atoms with Crippen molar-refractivity contribution in [1.29, 1.82) is 5.26 Å². The molecule has 0 bridgehead atoms. The van der Waals surface area contributed by atoms with Crippen molar-refractivity contribution in [3.63, 3.8) is 0 Å². The maximum absolute atomic E-state index is 12.1. The van der Waals surface area contributed by atoms with Gasteiger partial charge in [-0.15, -0.1) is 0 Å². The summed E-state index contributed by atoms with van der Waals surface area (Å²) < 4.78 is 0. The number of hydrogen-bond donors (Lipinski definition) is 3. The highest BCUT2D eigenvalue weighted by Gasteiger charge is 2.11. The van der Waals surface area contributed by atoms with Crippen molar-refractivity contribution in [2.24, 2.45) is 0 Å².